The molecular formula is C13H18N2O. The summed E-state index contributed by atoms with van der Waals surface area (Å²) in [6.07, 6.45) is 1.97. The fourth-order valence-electron chi connectivity index (χ4n) is 1.95. The van der Waals surface area contributed by atoms with Crippen molar-refractivity contribution >= 4 is 5.65 Å². The van der Waals surface area contributed by atoms with Crippen LogP contribution in [0.25, 0.3) is 5.65 Å². The Bertz CT molecular complexity index is 520. The normalized spacial score (nSPS) is 12.3. The Labute approximate surface area is 95.8 Å². The zero-order valence-electron chi connectivity index (χ0n) is 10.3. The number of rotatable bonds is 1. The van der Waals surface area contributed by atoms with Crippen LogP contribution in [-0.4, -0.2) is 14.5 Å². The standard InChI is InChI=1S/C13H18N2O/c1-9-5-6-15-10(8-16)12(13(2,3)4)14-11(15)7-9/h5-7,16H,8H2,1-4H3. The van der Waals surface area contributed by atoms with Gasteiger partial charge in [0.15, 0.2) is 0 Å². The minimum atomic E-state index is -0.0437. The third kappa shape index (κ3) is 1.71. The Balaban J connectivity index is 2.76. The molecule has 0 atom stereocenters. The van der Waals surface area contributed by atoms with Crippen LogP contribution < -0.4 is 0 Å². The van der Waals surface area contributed by atoms with Crippen LogP contribution in [0.2, 0.25) is 0 Å². The smallest absolute Gasteiger partial charge is 0.137 e. The number of aliphatic hydroxyl groups is 1. The van der Waals surface area contributed by atoms with Gasteiger partial charge in [-0.2, -0.15) is 0 Å². The van der Waals surface area contributed by atoms with Crippen LogP contribution in [0.15, 0.2) is 18.3 Å². The maximum Gasteiger partial charge on any atom is 0.137 e. The van der Waals surface area contributed by atoms with Crippen LogP contribution in [0.5, 0.6) is 0 Å². The first kappa shape index (κ1) is 11.1. The summed E-state index contributed by atoms with van der Waals surface area (Å²) in [6.45, 7) is 8.41. The molecule has 0 aromatic carbocycles. The Hall–Kier alpha value is -1.35. The molecule has 2 rings (SSSR count). The summed E-state index contributed by atoms with van der Waals surface area (Å²) in [5.74, 6) is 0. The Kier molecular flexibility index (Phi) is 2.50. The van der Waals surface area contributed by atoms with Crippen molar-refractivity contribution in [2.24, 2.45) is 0 Å². The number of aryl methyl sites for hydroxylation is 1. The van der Waals surface area contributed by atoms with Gasteiger partial charge in [-0.25, -0.2) is 4.98 Å². The first-order valence-electron chi connectivity index (χ1n) is 5.52. The van der Waals surface area contributed by atoms with Crippen LogP contribution in [0.4, 0.5) is 0 Å². The minimum absolute atomic E-state index is 0.0246. The largest absolute Gasteiger partial charge is 0.390 e. The molecule has 0 aliphatic heterocycles. The molecule has 2 aromatic heterocycles. The summed E-state index contributed by atoms with van der Waals surface area (Å²) >= 11 is 0. The molecular weight excluding hydrogens is 200 g/mol. The summed E-state index contributed by atoms with van der Waals surface area (Å²) in [4.78, 5) is 4.62. The molecule has 0 saturated carbocycles. The van der Waals surface area contributed by atoms with Gasteiger partial charge in [-0.05, 0) is 24.6 Å². The van der Waals surface area contributed by atoms with E-state index in [1.54, 1.807) is 0 Å². The van der Waals surface area contributed by atoms with Crippen LogP contribution in [0, 0.1) is 6.92 Å². The van der Waals surface area contributed by atoms with E-state index < -0.39 is 0 Å². The van der Waals surface area contributed by atoms with E-state index in [0.717, 1.165) is 17.0 Å². The summed E-state index contributed by atoms with van der Waals surface area (Å²) in [6, 6.07) is 4.06. The predicted molar refractivity (Wildman–Crippen MR) is 64.6 cm³/mol. The molecule has 0 aliphatic rings. The maximum absolute atomic E-state index is 9.48. The highest BCUT2D eigenvalue weighted by atomic mass is 16.3. The van der Waals surface area contributed by atoms with Crippen molar-refractivity contribution in [1.82, 2.24) is 9.38 Å². The minimum Gasteiger partial charge on any atom is -0.390 e. The monoisotopic (exact) mass is 218 g/mol. The second-order valence-electron chi connectivity index (χ2n) is 5.25. The first-order valence-corrected chi connectivity index (χ1v) is 5.52. The van der Waals surface area contributed by atoms with Gasteiger partial charge >= 0.3 is 0 Å². The molecule has 2 heterocycles. The lowest BCUT2D eigenvalue weighted by Gasteiger charge is -2.16. The lowest BCUT2D eigenvalue weighted by molar-refractivity contribution is 0.272. The van der Waals surface area contributed by atoms with Crippen molar-refractivity contribution in [2.45, 2.75) is 39.7 Å². The predicted octanol–water partition coefficient (Wildman–Crippen LogP) is 2.43. The number of hydrogen-bond donors (Lipinski definition) is 1. The molecule has 0 bridgehead atoms. The number of fused-ring (bicyclic) bond motifs is 1. The molecule has 0 unspecified atom stereocenters. The lowest BCUT2D eigenvalue weighted by Crippen LogP contribution is -2.14. The highest BCUT2D eigenvalue weighted by Gasteiger charge is 2.23. The van der Waals surface area contributed by atoms with E-state index in [9.17, 15) is 5.11 Å². The topological polar surface area (TPSA) is 37.5 Å². The summed E-state index contributed by atoms with van der Waals surface area (Å²) in [7, 11) is 0. The SMILES string of the molecule is Cc1ccn2c(CO)c(C(C)(C)C)nc2c1. The van der Waals surface area contributed by atoms with Crippen LogP contribution >= 0.6 is 0 Å². The molecule has 3 nitrogen and oxygen atoms in total. The quantitative estimate of drug-likeness (QED) is 0.798. The average molecular weight is 218 g/mol. The summed E-state index contributed by atoms with van der Waals surface area (Å²) < 4.78 is 1.97. The van der Waals surface area contributed by atoms with Gasteiger partial charge in [-0.1, -0.05) is 20.8 Å². The fraction of sp³-hybridized carbons (Fsp3) is 0.462. The zero-order chi connectivity index (χ0) is 11.9. The molecule has 2 aromatic rings. The zero-order valence-corrected chi connectivity index (χ0v) is 10.3. The van der Waals surface area contributed by atoms with Crippen molar-refractivity contribution in [3.05, 3.63) is 35.3 Å². The maximum atomic E-state index is 9.48. The van der Waals surface area contributed by atoms with Crippen molar-refractivity contribution < 1.29 is 5.11 Å². The van der Waals surface area contributed by atoms with E-state index in [0.29, 0.717) is 0 Å². The van der Waals surface area contributed by atoms with Gasteiger partial charge in [0.25, 0.3) is 0 Å². The van der Waals surface area contributed by atoms with Crippen LogP contribution in [0.1, 0.15) is 37.7 Å². The molecule has 3 heteroatoms. The number of hydrogen-bond acceptors (Lipinski definition) is 2. The van der Waals surface area contributed by atoms with E-state index in [1.807, 2.05) is 29.7 Å². The van der Waals surface area contributed by atoms with E-state index in [4.69, 9.17) is 0 Å². The van der Waals surface area contributed by atoms with Gasteiger partial charge in [0, 0.05) is 11.6 Å². The van der Waals surface area contributed by atoms with Gasteiger partial charge in [-0.3, -0.25) is 0 Å². The number of aliphatic hydroxyl groups excluding tert-OH is 1. The Morgan fingerprint density at radius 3 is 2.62 bits per heavy atom. The van der Waals surface area contributed by atoms with E-state index in [-0.39, 0.29) is 12.0 Å². The first-order chi connectivity index (χ1) is 7.43. The van der Waals surface area contributed by atoms with E-state index in [2.05, 4.69) is 25.8 Å². The van der Waals surface area contributed by atoms with Crippen molar-refractivity contribution in [1.29, 1.82) is 0 Å². The van der Waals surface area contributed by atoms with Gasteiger partial charge in [0.1, 0.15) is 5.65 Å². The van der Waals surface area contributed by atoms with E-state index >= 15 is 0 Å². The Morgan fingerprint density at radius 1 is 1.38 bits per heavy atom. The summed E-state index contributed by atoms with van der Waals surface area (Å²) in [5, 5.41) is 9.48. The molecule has 0 radical (unpaired) electrons. The third-order valence-electron chi connectivity index (χ3n) is 2.74. The molecule has 0 saturated heterocycles. The molecule has 0 amide bonds. The second kappa shape index (κ2) is 3.59. The van der Waals surface area contributed by atoms with Crippen molar-refractivity contribution in [2.75, 3.05) is 0 Å². The molecule has 86 valence electrons. The summed E-state index contributed by atoms with van der Waals surface area (Å²) in [5.41, 5.74) is 3.91. The molecule has 1 N–H and O–H groups in total. The van der Waals surface area contributed by atoms with Crippen LogP contribution in [0.3, 0.4) is 0 Å². The fourth-order valence-corrected chi connectivity index (χ4v) is 1.95. The molecule has 16 heavy (non-hydrogen) atoms. The van der Waals surface area contributed by atoms with Crippen molar-refractivity contribution in [3.63, 3.8) is 0 Å². The number of nitrogens with zero attached hydrogens (tertiary/aromatic N) is 2. The van der Waals surface area contributed by atoms with Gasteiger partial charge in [-0.15, -0.1) is 0 Å². The lowest BCUT2D eigenvalue weighted by atomic mass is 9.91. The third-order valence-corrected chi connectivity index (χ3v) is 2.74. The van der Waals surface area contributed by atoms with Crippen molar-refractivity contribution in [3.8, 4) is 0 Å². The molecule has 0 aliphatic carbocycles. The molecule has 0 fully saturated rings. The highest BCUT2D eigenvalue weighted by molar-refractivity contribution is 5.46. The molecule has 0 spiro atoms. The van der Waals surface area contributed by atoms with Gasteiger partial charge in [0.2, 0.25) is 0 Å². The number of aromatic nitrogens is 2. The number of pyridine rings is 1. The van der Waals surface area contributed by atoms with Gasteiger partial charge in [0.05, 0.1) is 18.0 Å². The average Bonchev–Trinajstić information content (AvgIpc) is 2.54. The van der Waals surface area contributed by atoms with E-state index in [1.165, 1.54) is 5.56 Å². The Morgan fingerprint density at radius 2 is 2.06 bits per heavy atom. The highest BCUT2D eigenvalue weighted by Crippen LogP contribution is 2.26. The van der Waals surface area contributed by atoms with Gasteiger partial charge < -0.3 is 9.51 Å². The number of imidazole rings is 1. The second-order valence-corrected chi connectivity index (χ2v) is 5.25. The van der Waals surface area contributed by atoms with Crippen LogP contribution in [-0.2, 0) is 12.0 Å².